The van der Waals surface area contributed by atoms with Gasteiger partial charge in [0.2, 0.25) is 0 Å². The van der Waals surface area contributed by atoms with E-state index in [4.69, 9.17) is 4.74 Å². The van der Waals surface area contributed by atoms with E-state index in [1.807, 2.05) is 6.07 Å². The van der Waals surface area contributed by atoms with Crippen LogP contribution in [0.3, 0.4) is 0 Å². The monoisotopic (exact) mass is 325 g/mol. The van der Waals surface area contributed by atoms with E-state index in [0.29, 0.717) is 12.3 Å². The van der Waals surface area contributed by atoms with Gasteiger partial charge >= 0.3 is 0 Å². The summed E-state index contributed by atoms with van der Waals surface area (Å²) in [4.78, 5) is 16.5. The fourth-order valence-electron chi connectivity index (χ4n) is 2.88. The Morgan fingerprint density at radius 3 is 2.79 bits per heavy atom. The van der Waals surface area contributed by atoms with Gasteiger partial charge in [0.05, 0.1) is 0 Å². The average Bonchev–Trinajstić information content (AvgIpc) is 2.41. The number of Topliss-reactive ketones (excluding diaryl/α,β-unsaturated/α-hetero) is 1. The highest BCUT2D eigenvalue weighted by Gasteiger charge is 2.29. The third-order valence-corrected chi connectivity index (χ3v) is 4.22. The van der Waals surface area contributed by atoms with Crippen molar-refractivity contribution >= 4 is 21.7 Å². The van der Waals surface area contributed by atoms with Crippen LogP contribution in [0.1, 0.15) is 37.7 Å². The number of nitrogens with zero attached hydrogens (tertiary/aromatic N) is 1. The first-order chi connectivity index (χ1) is 9.20. The average molecular weight is 326 g/mol. The van der Waals surface area contributed by atoms with Crippen LogP contribution in [0.15, 0.2) is 22.9 Å². The lowest BCUT2D eigenvalue weighted by Gasteiger charge is -2.28. The molecule has 0 radical (unpaired) electrons. The number of hydrogen-bond donors (Lipinski definition) is 0. The molecule has 1 fully saturated rings. The molecule has 2 rings (SSSR count). The Morgan fingerprint density at radius 1 is 1.42 bits per heavy atom. The maximum absolute atomic E-state index is 12.4. The summed E-state index contributed by atoms with van der Waals surface area (Å²) in [5.41, 5.74) is 0.942. The number of ketones is 1. The summed E-state index contributed by atoms with van der Waals surface area (Å²) in [7, 11) is 1.65. The normalized spacial score (nSPS) is 18.2. The third-order valence-electron chi connectivity index (χ3n) is 3.79. The standard InChI is InChI=1S/C15H20BrNO2/c1-19-15(12-5-3-2-4-6-12)14(18)8-11-7-13(16)10-17-9-11/h7,9-10,12,15H,2-6,8H2,1H3. The summed E-state index contributed by atoms with van der Waals surface area (Å²) in [6.07, 6.45) is 9.57. The van der Waals surface area contributed by atoms with Crippen LogP contribution in [-0.4, -0.2) is 24.0 Å². The molecule has 0 aromatic carbocycles. The summed E-state index contributed by atoms with van der Waals surface area (Å²) in [6, 6.07) is 1.94. The second kappa shape index (κ2) is 7.15. The van der Waals surface area contributed by atoms with Crippen molar-refractivity contribution in [2.75, 3.05) is 7.11 Å². The van der Waals surface area contributed by atoms with Gasteiger partial charge in [-0.1, -0.05) is 19.3 Å². The Hall–Kier alpha value is -0.740. The molecule has 0 N–H and O–H groups in total. The minimum absolute atomic E-state index is 0.175. The topological polar surface area (TPSA) is 39.2 Å². The molecule has 4 heteroatoms. The largest absolute Gasteiger partial charge is 0.373 e. The van der Waals surface area contributed by atoms with Crippen LogP contribution in [0, 0.1) is 5.92 Å². The van der Waals surface area contributed by atoms with Gasteiger partial charge in [-0.25, -0.2) is 0 Å². The van der Waals surface area contributed by atoms with Crippen molar-refractivity contribution in [3.05, 3.63) is 28.5 Å². The van der Waals surface area contributed by atoms with Gasteiger partial charge < -0.3 is 4.74 Å². The Kier molecular flexibility index (Phi) is 5.52. The van der Waals surface area contributed by atoms with E-state index in [9.17, 15) is 4.79 Å². The highest BCUT2D eigenvalue weighted by Crippen LogP contribution is 2.28. The van der Waals surface area contributed by atoms with Gasteiger partial charge in [-0.3, -0.25) is 9.78 Å². The Labute approximate surface area is 122 Å². The maximum Gasteiger partial charge on any atom is 0.166 e. The van der Waals surface area contributed by atoms with E-state index in [1.54, 1.807) is 19.5 Å². The minimum atomic E-state index is -0.251. The summed E-state index contributed by atoms with van der Waals surface area (Å²) in [6.45, 7) is 0. The van der Waals surface area contributed by atoms with Crippen molar-refractivity contribution in [1.82, 2.24) is 4.98 Å². The lowest BCUT2D eigenvalue weighted by atomic mass is 9.83. The van der Waals surface area contributed by atoms with Crippen molar-refractivity contribution in [2.24, 2.45) is 5.92 Å². The number of rotatable bonds is 5. The zero-order valence-electron chi connectivity index (χ0n) is 11.3. The molecule has 1 aliphatic rings. The van der Waals surface area contributed by atoms with Crippen LogP contribution in [0.25, 0.3) is 0 Å². The molecule has 1 aliphatic carbocycles. The first-order valence-electron chi connectivity index (χ1n) is 6.85. The highest BCUT2D eigenvalue weighted by molar-refractivity contribution is 9.10. The zero-order valence-corrected chi connectivity index (χ0v) is 12.9. The fourth-order valence-corrected chi connectivity index (χ4v) is 3.29. The second-order valence-electron chi connectivity index (χ2n) is 5.21. The summed E-state index contributed by atoms with van der Waals surface area (Å²) in [5.74, 6) is 0.570. The summed E-state index contributed by atoms with van der Waals surface area (Å²) in [5, 5.41) is 0. The van der Waals surface area contributed by atoms with E-state index >= 15 is 0 Å². The smallest absolute Gasteiger partial charge is 0.166 e. The molecule has 1 aromatic rings. The van der Waals surface area contributed by atoms with Crippen molar-refractivity contribution in [3.63, 3.8) is 0 Å². The molecule has 0 saturated heterocycles. The van der Waals surface area contributed by atoms with Gasteiger partial charge in [-0.2, -0.15) is 0 Å². The number of hydrogen-bond acceptors (Lipinski definition) is 3. The van der Waals surface area contributed by atoms with Crippen LogP contribution in [0.4, 0.5) is 0 Å². The molecular weight excluding hydrogens is 306 g/mol. The molecule has 1 aromatic heterocycles. The molecule has 1 atom stereocenters. The molecule has 0 amide bonds. The van der Waals surface area contributed by atoms with Gasteiger partial charge in [0.1, 0.15) is 6.10 Å². The van der Waals surface area contributed by atoms with Crippen LogP contribution < -0.4 is 0 Å². The lowest BCUT2D eigenvalue weighted by Crippen LogP contribution is -2.34. The number of carbonyl (C=O) groups excluding carboxylic acids is 1. The number of halogens is 1. The van der Waals surface area contributed by atoms with Crippen molar-refractivity contribution < 1.29 is 9.53 Å². The number of ether oxygens (including phenoxy) is 1. The third kappa shape index (κ3) is 4.11. The maximum atomic E-state index is 12.4. The van der Waals surface area contributed by atoms with E-state index in [1.165, 1.54) is 19.3 Å². The second-order valence-corrected chi connectivity index (χ2v) is 6.12. The van der Waals surface area contributed by atoms with Gasteiger partial charge in [0.25, 0.3) is 0 Å². The quantitative estimate of drug-likeness (QED) is 0.831. The summed E-state index contributed by atoms with van der Waals surface area (Å²) >= 11 is 3.38. The molecule has 0 spiro atoms. The van der Waals surface area contributed by atoms with Crippen molar-refractivity contribution in [1.29, 1.82) is 0 Å². The molecule has 19 heavy (non-hydrogen) atoms. The number of pyridine rings is 1. The van der Waals surface area contributed by atoms with Gasteiger partial charge in [-0.05, 0) is 46.3 Å². The predicted octanol–water partition coefficient (Wildman–Crippen LogP) is 3.55. The van der Waals surface area contributed by atoms with Crippen LogP contribution in [0.5, 0.6) is 0 Å². The van der Waals surface area contributed by atoms with Crippen LogP contribution >= 0.6 is 15.9 Å². The Balaban J connectivity index is 2.00. The van der Waals surface area contributed by atoms with Crippen LogP contribution in [-0.2, 0) is 16.0 Å². The number of methoxy groups -OCH3 is 1. The molecule has 1 unspecified atom stereocenters. The molecule has 0 bridgehead atoms. The van der Waals surface area contributed by atoms with Gasteiger partial charge in [0.15, 0.2) is 5.78 Å². The minimum Gasteiger partial charge on any atom is -0.373 e. The number of carbonyl (C=O) groups is 1. The van der Waals surface area contributed by atoms with Crippen molar-refractivity contribution in [2.45, 2.75) is 44.6 Å². The molecular formula is C15H20BrNO2. The van der Waals surface area contributed by atoms with E-state index in [-0.39, 0.29) is 11.9 Å². The molecule has 1 heterocycles. The number of aromatic nitrogens is 1. The first kappa shape index (κ1) is 14.7. The lowest BCUT2D eigenvalue weighted by molar-refractivity contribution is -0.132. The Bertz CT molecular complexity index is 430. The molecule has 104 valence electrons. The van der Waals surface area contributed by atoms with E-state index in [0.717, 1.165) is 22.9 Å². The zero-order chi connectivity index (χ0) is 13.7. The molecule has 3 nitrogen and oxygen atoms in total. The van der Waals surface area contributed by atoms with E-state index < -0.39 is 0 Å². The summed E-state index contributed by atoms with van der Waals surface area (Å²) < 4.78 is 6.38. The predicted molar refractivity (Wildman–Crippen MR) is 78.0 cm³/mol. The first-order valence-corrected chi connectivity index (χ1v) is 7.65. The Morgan fingerprint density at radius 2 is 2.16 bits per heavy atom. The van der Waals surface area contributed by atoms with Gasteiger partial charge in [-0.15, -0.1) is 0 Å². The highest BCUT2D eigenvalue weighted by atomic mass is 79.9. The molecule has 1 saturated carbocycles. The SMILES string of the molecule is COC(C(=O)Cc1cncc(Br)c1)C1CCCCC1. The fraction of sp³-hybridized carbons (Fsp3) is 0.600. The van der Waals surface area contributed by atoms with Gasteiger partial charge in [0, 0.05) is 30.4 Å². The molecule has 0 aliphatic heterocycles. The van der Waals surface area contributed by atoms with E-state index in [2.05, 4.69) is 20.9 Å². The van der Waals surface area contributed by atoms with Crippen LogP contribution in [0.2, 0.25) is 0 Å². The van der Waals surface area contributed by atoms with Crippen molar-refractivity contribution in [3.8, 4) is 0 Å².